The number of nitrogens with zero attached hydrogens (tertiary/aromatic N) is 3. The Balaban J connectivity index is 2.38. The van der Waals surface area contributed by atoms with E-state index < -0.39 is 10.0 Å². The third kappa shape index (κ3) is 3.73. The highest BCUT2D eigenvalue weighted by atomic mass is 32.2. The Kier molecular flexibility index (Phi) is 5.56. The lowest BCUT2D eigenvalue weighted by Gasteiger charge is -2.20. The minimum atomic E-state index is -3.65. The van der Waals surface area contributed by atoms with Gasteiger partial charge >= 0.3 is 0 Å². The van der Waals surface area contributed by atoms with Gasteiger partial charge in [0.2, 0.25) is 0 Å². The summed E-state index contributed by atoms with van der Waals surface area (Å²) < 4.78 is 27.0. The van der Waals surface area contributed by atoms with Gasteiger partial charge in [0.15, 0.2) is 0 Å². The molecular formula is C17H21N3O3S. The van der Waals surface area contributed by atoms with Crippen LogP contribution in [0.1, 0.15) is 25.0 Å². The fourth-order valence-electron chi connectivity index (χ4n) is 2.22. The summed E-state index contributed by atoms with van der Waals surface area (Å²) in [5, 5.41) is 3.98. The van der Waals surface area contributed by atoms with Gasteiger partial charge in [0.25, 0.3) is 10.0 Å². The molecule has 0 unspecified atom stereocenters. The van der Waals surface area contributed by atoms with Crippen molar-refractivity contribution in [1.82, 2.24) is 4.98 Å². The fourth-order valence-corrected chi connectivity index (χ4v) is 3.62. The molecule has 2 aromatic rings. The molecule has 0 atom stereocenters. The van der Waals surface area contributed by atoms with Crippen LogP contribution in [0.2, 0.25) is 0 Å². The first-order chi connectivity index (χ1) is 11.4. The van der Waals surface area contributed by atoms with Gasteiger partial charge in [-0.15, -0.1) is 0 Å². The minimum absolute atomic E-state index is 0.259. The van der Waals surface area contributed by atoms with Crippen LogP contribution < -0.4 is 4.31 Å². The number of hydrogen-bond donors (Lipinski definition) is 0. The Morgan fingerprint density at radius 3 is 2.50 bits per heavy atom. The van der Waals surface area contributed by atoms with Crippen LogP contribution in [0.5, 0.6) is 0 Å². The van der Waals surface area contributed by atoms with Crippen molar-refractivity contribution in [3.05, 3.63) is 53.9 Å². The van der Waals surface area contributed by atoms with Crippen LogP contribution in [0.3, 0.4) is 0 Å². The summed E-state index contributed by atoms with van der Waals surface area (Å²) in [6.45, 7) is 5.93. The predicted octanol–water partition coefficient (Wildman–Crippen LogP) is 2.98. The Labute approximate surface area is 142 Å². The second-order valence-electron chi connectivity index (χ2n) is 5.25. The van der Waals surface area contributed by atoms with Gasteiger partial charge in [-0.3, -0.25) is 9.29 Å². The van der Waals surface area contributed by atoms with Crippen molar-refractivity contribution in [3.63, 3.8) is 0 Å². The van der Waals surface area contributed by atoms with Crippen molar-refractivity contribution in [2.45, 2.75) is 25.7 Å². The van der Waals surface area contributed by atoms with Gasteiger partial charge in [-0.1, -0.05) is 11.2 Å². The number of oxime groups is 1. The molecule has 0 aliphatic rings. The van der Waals surface area contributed by atoms with E-state index in [1.807, 2.05) is 13.8 Å². The smallest absolute Gasteiger partial charge is 0.264 e. The first-order valence-electron chi connectivity index (χ1n) is 7.54. The lowest BCUT2D eigenvalue weighted by molar-refractivity contribution is 0.159. The largest absolute Gasteiger partial charge is 0.396 e. The highest BCUT2D eigenvalue weighted by Gasteiger charge is 2.23. The van der Waals surface area contributed by atoms with Crippen LogP contribution in [0.15, 0.2) is 52.8 Å². The number of benzene rings is 1. The number of rotatable bonds is 6. The van der Waals surface area contributed by atoms with Gasteiger partial charge in [-0.05, 0) is 56.2 Å². The number of hydrogen-bond acceptors (Lipinski definition) is 5. The van der Waals surface area contributed by atoms with Crippen molar-refractivity contribution in [2.75, 3.05) is 18.0 Å². The van der Waals surface area contributed by atoms with E-state index in [0.29, 0.717) is 23.6 Å². The van der Waals surface area contributed by atoms with Crippen molar-refractivity contribution in [1.29, 1.82) is 0 Å². The van der Waals surface area contributed by atoms with Crippen molar-refractivity contribution in [3.8, 4) is 0 Å². The summed E-state index contributed by atoms with van der Waals surface area (Å²) in [4.78, 5) is 9.21. The standard InChI is InChI=1S/C17H21N3O3S/c1-5-23-19-14(3)15-6-7-17(13(2)12-15)24(21,22)20(4)16-8-10-18-11-9-16/h6-12H,5H2,1-4H3. The van der Waals surface area contributed by atoms with Crippen molar-refractivity contribution >= 4 is 21.4 Å². The van der Waals surface area contributed by atoms with Crippen molar-refractivity contribution in [2.24, 2.45) is 5.16 Å². The predicted molar refractivity (Wildman–Crippen MR) is 94.8 cm³/mol. The van der Waals surface area contributed by atoms with E-state index in [-0.39, 0.29) is 4.90 Å². The summed E-state index contributed by atoms with van der Waals surface area (Å²) in [6.07, 6.45) is 3.12. The molecule has 1 heterocycles. The number of aromatic nitrogens is 1. The first-order valence-corrected chi connectivity index (χ1v) is 8.98. The van der Waals surface area contributed by atoms with E-state index in [4.69, 9.17) is 4.84 Å². The van der Waals surface area contributed by atoms with Gasteiger partial charge in [0.05, 0.1) is 16.3 Å². The van der Waals surface area contributed by atoms with Gasteiger partial charge in [-0.2, -0.15) is 0 Å². The molecule has 128 valence electrons. The third-order valence-electron chi connectivity index (χ3n) is 3.59. The van der Waals surface area contributed by atoms with E-state index in [9.17, 15) is 8.42 Å². The van der Waals surface area contributed by atoms with Gasteiger partial charge in [0.1, 0.15) is 6.61 Å². The molecule has 0 aliphatic heterocycles. The van der Waals surface area contributed by atoms with E-state index in [1.165, 1.54) is 11.4 Å². The Morgan fingerprint density at radius 2 is 1.92 bits per heavy atom. The summed E-state index contributed by atoms with van der Waals surface area (Å²) in [5.74, 6) is 0. The zero-order chi connectivity index (χ0) is 17.7. The molecule has 6 nitrogen and oxygen atoms in total. The van der Waals surface area contributed by atoms with Crippen LogP contribution in [-0.2, 0) is 14.9 Å². The number of aryl methyl sites for hydroxylation is 1. The highest BCUT2D eigenvalue weighted by molar-refractivity contribution is 7.92. The van der Waals surface area contributed by atoms with Crippen LogP contribution >= 0.6 is 0 Å². The Morgan fingerprint density at radius 1 is 1.25 bits per heavy atom. The summed E-state index contributed by atoms with van der Waals surface area (Å²) >= 11 is 0. The molecule has 1 aromatic carbocycles. The van der Waals surface area contributed by atoms with Crippen LogP contribution in [0, 0.1) is 6.92 Å². The first kappa shape index (κ1) is 17.9. The summed E-state index contributed by atoms with van der Waals surface area (Å²) in [5.41, 5.74) is 2.74. The zero-order valence-electron chi connectivity index (χ0n) is 14.2. The molecule has 0 N–H and O–H groups in total. The van der Waals surface area contributed by atoms with Crippen LogP contribution in [-0.4, -0.2) is 32.8 Å². The molecule has 0 amide bonds. The SMILES string of the molecule is CCON=C(C)c1ccc(S(=O)(=O)N(C)c2ccncc2)c(C)c1. The van der Waals surface area contributed by atoms with Crippen molar-refractivity contribution < 1.29 is 13.3 Å². The van der Waals surface area contributed by atoms with Gasteiger partial charge < -0.3 is 4.84 Å². The normalized spacial score (nSPS) is 12.1. The fraction of sp³-hybridized carbons (Fsp3) is 0.294. The topological polar surface area (TPSA) is 71.9 Å². The Bertz CT molecular complexity index is 833. The van der Waals surface area contributed by atoms with Gasteiger partial charge in [0, 0.05) is 19.4 Å². The van der Waals surface area contributed by atoms with E-state index in [0.717, 1.165) is 5.56 Å². The summed E-state index contributed by atoms with van der Waals surface area (Å²) in [6, 6.07) is 8.44. The maximum atomic E-state index is 12.9. The maximum absolute atomic E-state index is 12.9. The lowest BCUT2D eigenvalue weighted by atomic mass is 10.1. The monoisotopic (exact) mass is 347 g/mol. The maximum Gasteiger partial charge on any atom is 0.264 e. The molecule has 0 radical (unpaired) electrons. The van der Waals surface area contributed by atoms with Crippen LogP contribution in [0.25, 0.3) is 0 Å². The minimum Gasteiger partial charge on any atom is -0.396 e. The third-order valence-corrected chi connectivity index (χ3v) is 5.53. The molecular weight excluding hydrogens is 326 g/mol. The quantitative estimate of drug-likeness (QED) is 0.595. The molecule has 0 saturated heterocycles. The molecule has 24 heavy (non-hydrogen) atoms. The molecule has 0 spiro atoms. The molecule has 1 aromatic heterocycles. The van der Waals surface area contributed by atoms with E-state index in [1.54, 1.807) is 49.6 Å². The summed E-state index contributed by atoms with van der Waals surface area (Å²) in [7, 11) is -2.12. The molecule has 7 heteroatoms. The average molecular weight is 347 g/mol. The van der Waals surface area contributed by atoms with Gasteiger partial charge in [-0.25, -0.2) is 8.42 Å². The highest BCUT2D eigenvalue weighted by Crippen LogP contribution is 2.24. The number of sulfonamides is 1. The second-order valence-corrected chi connectivity index (χ2v) is 7.19. The number of pyridine rings is 1. The van der Waals surface area contributed by atoms with Crippen LogP contribution in [0.4, 0.5) is 5.69 Å². The molecule has 2 rings (SSSR count). The zero-order valence-corrected chi connectivity index (χ0v) is 15.0. The van der Waals surface area contributed by atoms with E-state index in [2.05, 4.69) is 10.1 Å². The van der Waals surface area contributed by atoms with E-state index >= 15 is 0 Å². The number of anilines is 1. The Hall–Kier alpha value is -2.41. The molecule has 0 aliphatic carbocycles. The molecule has 0 saturated carbocycles. The average Bonchev–Trinajstić information content (AvgIpc) is 2.59. The lowest BCUT2D eigenvalue weighted by Crippen LogP contribution is -2.27. The second kappa shape index (κ2) is 7.44. The molecule has 0 fully saturated rings. The molecule has 0 bridgehead atoms.